The second-order valence-corrected chi connectivity index (χ2v) is 6.94. The fourth-order valence-electron chi connectivity index (χ4n) is 4.47. The zero-order valence-electron chi connectivity index (χ0n) is 15.0. The van der Waals surface area contributed by atoms with Crippen LogP contribution in [0.15, 0.2) is 48.5 Å². The van der Waals surface area contributed by atoms with Gasteiger partial charge in [0.05, 0.1) is 11.4 Å². The first-order chi connectivity index (χ1) is 13.2. The molecule has 3 amide bonds. The number of imide groups is 1. The molecule has 1 atom stereocenters. The van der Waals surface area contributed by atoms with E-state index in [0.717, 1.165) is 34.1 Å². The van der Waals surface area contributed by atoms with Crippen molar-refractivity contribution in [1.82, 2.24) is 15.6 Å². The maximum Gasteiger partial charge on any atom is 0.328 e. The van der Waals surface area contributed by atoms with Crippen LogP contribution in [0.2, 0.25) is 0 Å². The lowest BCUT2D eigenvalue weighted by Gasteiger charge is -2.34. The number of urea groups is 1. The number of H-pyrrole nitrogens is 1. The molecule has 27 heavy (non-hydrogen) atoms. The highest BCUT2D eigenvalue weighted by atomic mass is 16.2. The van der Waals surface area contributed by atoms with Crippen molar-refractivity contribution < 1.29 is 9.59 Å². The number of nitrogens with one attached hydrogen (secondary N) is 3. The van der Waals surface area contributed by atoms with Gasteiger partial charge in [0.15, 0.2) is 5.54 Å². The molecule has 0 aliphatic carbocycles. The number of hydrogen-bond acceptors (Lipinski definition) is 3. The number of carbonyl (C=O) groups is 2. The van der Waals surface area contributed by atoms with Crippen LogP contribution in [0.1, 0.15) is 23.7 Å². The SMILES string of the molecule is CCNC(=O)N1C(=O)C2(NCCc3c2[nH]c2ccccc32)c2ccccc21. The molecule has 3 heterocycles. The third-order valence-electron chi connectivity index (χ3n) is 5.56. The highest BCUT2D eigenvalue weighted by Crippen LogP contribution is 2.47. The van der Waals surface area contributed by atoms with Gasteiger partial charge in [-0.25, -0.2) is 9.69 Å². The van der Waals surface area contributed by atoms with Gasteiger partial charge in [-0.15, -0.1) is 0 Å². The summed E-state index contributed by atoms with van der Waals surface area (Å²) in [5.41, 5.74) is 3.38. The quantitative estimate of drug-likeness (QED) is 0.624. The largest absolute Gasteiger partial charge is 0.356 e. The molecule has 0 radical (unpaired) electrons. The summed E-state index contributed by atoms with van der Waals surface area (Å²) in [5, 5.41) is 7.34. The number of rotatable bonds is 1. The Kier molecular flexibility index (Phi) is 3.39. The Labute approximate surface area is 156 Å². The fourth-order valence-corrected chi connectivity index (χ4v) is 4.47. The first kappa shape index (κ1) is 16.1. The summed E-state index contributed by atoms with van der Waals surface area (Å²) in [6, 6.07) is 15.2. The van der Waals surface area contributed by atoms with Crippen LogP contribution < -0.4 is 15.5 Å². The van der Waals surface area contributed by atoms with Gasteiger partial charge in [0.25, 0.3) is 5.91 Å². The van der Waals surface area contributed by atoms with Gasteiger partial charge in [0.2, 0.25) is 0 Å². The molecular formula is C21H20N4O2. The number of fused-ring (bicyclic) bond motifs is 6. The van der Waals surface area contributed by atoms with Gasteiger partial charge in [-0.1, -0.05) is 36.4 Å². The Balaban J connectivity index is 1.79. The van der Waals surface area contributed by atoms with Crippen molar-refractivity contribution in [1.29, 1.82) is 0 Å². The third kappa shape index (κ3) is 1.99. The predicted octanol–water partition coefficient (Wildman–Crippen LogP) is 2.63. The summed E-state index contributed by atoms with van der Waals surface area (Å²) in [6.07, 6.45) is 0.831. The molecule has 3 aromatic rings. The van der Waals surface area contributed by atoms with Crippen molar-refractivity contribution in [2.75, 3.05) is 18.0 Å². The average Bonchev–Trinajstić information content (AvgIpc) is 3.18. The molecule has 1 aromatic heterocycles. The van der Waals surface area contributed by atoms with Crippen molar-refractivity contribution in [3.05, 3.63) is 65.4 Å². The number of carbonyl (C=O) groups excluding carboxylic acids is 2. The van der Waals surface area contributed by atoms with Gasteiger partial charge < -0.3 is 10.3 Å². The van der Waals surface area contributed by atoms with E-state index in [1.54, 1.807) is 0 Å². The molecule has 6 nitrogen and oxygen atoms in total. The zero-order valence-corrected chi connectivity index (χ0v) is 15.0. The van der Waals surface area contributed by atoms with E-state index in [2.05, 4.69) is 21.7 Å². The number of benzene rings is 2. The normalized spacial score (nSPS) is 20.8. The summed E-state index contributed by atoms with van der Waals surface area (Å²) in [7, 11) is 0. The smallest absolute Gasteiger partial charge is 0.328 e. The standard InChI is InChI=1S/C21H20N4O2/c1-2-22-20(27)25-17-10-6-4-8-15(17)21(19(25)26)18-14(11-12-23-21)13-7-3-5-9-16(13)24-18/h3-10,23-24H,2,11-12H2,1H3,(H,22,27). The maximum absolute atomic E-state index is 13.7. The van der Waals surface area contributed by atoms with Crippen molar-refractivity contribution in [3.63, 3.8) is 0 Å². The molecule has 1 unspecified atom stereocenters. The summed E-state index contributed by atoms with van der Waals surface area (Å²) >= 11 is 0. The molecule has 0 bridgehead atoms. The second-order valence-electron chi connectivity index (χ2n) is 6.94. The number of anilines is 1. The topological polar surface area (TPSA) is 77.2 Å². The number of nitrogens with zero attached hydrogens (tertiary/aromatic N) is 1. The molecular weight excluding hydrogens is 340 g/mol. The van der Waals surface area contributed by atoms with Gasteiger partial charge in [0.1, 0.15) is 0 Å². The van der Waals surface area contributed by atoms with Crippen molar-refractivity contribution in [2.24, 2.45) is 0 Å². The molecule has 6 heteroatoms. The lowest BCUT2D eigenvalue weighted by molar-refractivity contribution is -0.122. The molecule has 2 aliphatic rings. The minimum Gasteiger partial charge on any atom is -0.356 e. The highest BCUT2D eigenvalue weighted by Gasteiger charge is 2.56. The monoisotopic (exact) mass is 360 g/mol. The summed E-state index contributed by atoms with van der Waals surface area (Å²) in [5.74, 6) is -0.262. The Morgan fingerprint density at radius 2 is 1.96 bits per heavy atom. The molecule has 0 saturated heterocycles. The first-order valence-corrected chi connectivity index (χ1v) is 9.25. The van der Waals surface area contributed by atoms with Crippen molar-refractivity contribution >= 4 is 28.5 Å². The second kappa shape index (κ2) is 5.69. The van der Waals surface area contributed by atoms with E-state index in [-0.39, 0.29) is 5.91 Å². The van der Waals surface area contributed by atoms with Gasteiger partial charge >= 0.3 is 6.03 Å². The van der Waals surface area contributed by atoms with Gasteiger partial charge in [0, 0.05) is 29.6 Å². The number of amides is 3. The molecule has 0 saturated carbocycles. The lowest BCUT2D eigenvalue weighted by atomic mass is 9.82. The number of aromatic amines is 1. The number of aromatic nitrogens is 1. The molecule has 2 aromatic carbocycles. The van der Waals surface area contributed by atoms with E-state index >= 15 is 0 Å². The first-order valence-electron chi connectivity index (χ1n) is 9.25. The molecule has 5 rings (SSSR count). The molecule has 1 spiro atoms. The van der Waals surface area contributed by atoms with Gasteiger partial charge in [-0.05, 0) is 31.0 Å². The fraction of sp³-hybridized carbons (Fsp3) is 0.238. The van der Waals surface area contributed by atoms with Crippen LogP contribution in [0, 0.1) is 0 Å². The minimum atomic E-state index is -1.06. The van der Waals surface area contributed by atoms with Crippen LogP contribution in [0.4, 0.5) is 10.5 Å². The Bertz CT molecular complexity index is 1090. The zero-order chi connectivity index (χ0) is 18.6. The number of hydrogen-bond donors (Lipinski definition) is 3. The van der Waals surface area contributed by atoms with E-state index in [0.29, 0.717) is 18.8 Å². The third-order valence-corrected chi connectivity index (χ3v) is 5.56. The van der Waals surface area contributed by atoms with Crippen LogP contribution in [0.5, 0.6) is 0 Å². The Hall–Kier alpha value is -3.12. The van der Waals surface area contributed by atoms with Crippen LogP contribution in [0.3, 0.4) is 0 Å². The van der Waals surface area contributed by atoms with Gasteiger partial charge in [-0.3, -0.25) is 10.1 Å². The maximum atomic E-state index is 13.7. The molecule has 136 valence electrons. The Morgan fingerprint density at radius 3 is 2.81 bits per heavy atom. The predicted molar refractivity (Wildman–Crippen MR) is 104 cm³/mol. The van der Waals surface area contributed by atoms with E-state index in [1.165, 1.54) is 4.90 Å². The van der Waals surface area contributed by atoms with E-state index in [4.69, 9.17) is 0 Å². The van der Waals surface area contributed by atoms with Crippen LogP contribution in [0.25, 0.3) is 10.9 Å². The number of para-hydroxylation sites is 2. The highest BCUT2D eigenvalue weighted by molar-refractivity contribution is 6.23. The van der Waals surface area contributed by atoms with E-state index < -0.39 is 11.6 Å². The Morgan fingerprint density at radius 1 is 1.19 bits per heavy atom. The minimum absolute atomic E-state index is 0.262. The van der Waals surface area contributed by atoms with Gasteiger partial charge in [-0.2, -0.15) is 0 Å². The summed E-state index contributed by atoms with van der Waals surface area (Å²) in [4.78, 5) is 31.1. The van der Waals surface area contributed by atoms with Crippen molar-refractivity contribution in [2.45, 2.75) is 18.9 Å². The average molecular weight is 360 g/mol. The van der Waals surface area contributed by atoms with Crippen LogP contribution in [-0.4, -0.2) is 30.0 Å². The summed E-state index contributed by atoms with van der Waals surface area (Å²) < 4.78 is 0. The van der Waals surface area contributed by atoms with Crippen LogP contribution in [-0.2, 0) is 16.8 Å². The molecule has 3 N–H and O–H groups in total. The lowest BCUT2D eigenvalue weighted by Crippen LogP contribution is -2.57. The van der Waals surface area contributed by atoms with Crippen molar-refractivity contribution in [3.8, 4) is 0 Å². The van der Waals surface area contributed by atoms with E-state index in [9.17, 15) is 9.59 Å². The van der Waals surface area contributed by atoms with Crippen LogP contribution >= 0.6 is 0 Å². The van der Waals surface area contributed by atoms with E-state index in [1.807, 2.05) is 49.4 Å². The molecule has 2 aliphatic heterocycles. The summed E-state index contributed by atoms with van der Waals surface area (Å²) in [6.45, 7) is 2.97. The molecule has 0 fully saturated rings.